The number of rotatable bonds is 4. The molecule has 3 N–H and O–H groups in total. The van der Waals surface area contributed by atoms with Crippen LogP contribution in [0.4, 0.5) is 0 Å². The van der Waals surface area contributed by atoms with E-state index in [0.717, 1.165) is 11.3 Å². The Bertz CT molecular complexity index is 1290. The monoisotopic (exact) mass is 474 g/mol. The highest BCUT2D eigenvalue weighted by Crippen LogP contribution is 2.44. The van der Waals surface area contributed by atoms with Gasteiger partial charge in [0.2, 0.25) is 9.84 Å². The van der Waals surface area contributed by atoms with Gasteiger partial charge in [0.25, 0.3) is 11.8 Å². The van der Waals surface area contributed by atoms with Gasteiger partial charge in [-0.1, -0.05) is 6.07 Å². The number of benzene rings is 1. The molecule has 0 saturated carbocycles. The van der Waals surface area contributed by atoms with Gasteiger partial charge >= 0.3 is 0 Å². The van der Waals surface area contributed by atoms with Gasteiger partial charge in [-0.05, 0) is 30.8 Å². The Morgan fingerprint density at radius 1 is 1.09 bits per heavy atom. The summed E-state index contributed by atoms with van der Waals surface area (Å²) < 4.78 is 27.3. The minimum atomic E-state index is -4.13. The summed E-state index contributed by atoms with van der Waals surface area (Å²) in [5.74, 6) is -3.76. The molecule has 0 aliphatic carbocycles. The minimum absolute atomic E-state index is 0.0339. The molecule has 2 amide bonds. The van der Waals surface area contributed by atoms with Crippen LogP contribution in [-0.4, -0.2) is 63.8 Å². The number of fused-ring (bicyclic) bond motifs is 2. The number of amides is 2. The fourth-order valence-electron chi connectivity index (χ4n) is 4.41. The van der Waals surface area contributed by atoms with Gasteiger partial charge in [-0.15, -0.1) is 11.3 Å². The molecule has 4 heterocycles. The molecule has 5 rings (SSSR count). The molecule has 10 nitrogen and oxygen atoms in total. The van der Waals surface area contributed by atoms with Gasteiger partial charge in [-0.3, -0.25) is 14.5 Å². The summed E-state index contributed by atoms with van der Waals surface area (Å²) in [4.78, 5) is 35.4. The summed E-state index contributed by atoms with van der Waals surface area (Å²) >= 11 is 0.999. The van der Waals surface area contributed by atoms with Crippen molar-refractivity contribution < 1.29 is 28.2 Å². The van der Waals surface area contributed by atoms with Crippen LogP contribution in [0.5, 0.6) is 11.5 Å². The predicted molar refractivity (Wildman–Crippen MR) is 114 cm³/mol. The molecule has 166 valence electrons. The number of phenolic OH excluding ortho intramolecular Hbond substituents is 2. The third-order valence-electron chi connectivity index (χ3n) is 5.82. The fraction of sp³-hybridized carbons (Fsp3) is 0.300. The summed E-state index contributed by atoms with van der Waals surface area (Å²) in [6.45, 7) is 1.00. The molecule has 2 atom stereocenters. The molecular weight excluding hydrogens is 456 g/mol. The molecule has 1 fully saturated rings. The van der Waals surface area contributed by atoms with Gasteiger partial charge in [0, 0.05) is 24.9 Å². The maximum absolute atomic E-state index is 13.6. The predicted octanol–water partition coefficient (Wildman–Crippen LogP) is 1.50. The fourth-order valence-corrected chi connectivity index (χ4v) is 7.57. The maximum atomic E-state index is 13.6. The number of sulfone groups is 1. The lowest BCUT2D eigenvalue weighted by Crippen LogP contribution is -2.52. The Morgan fingerprint density at radius 3 is 2.22 bits per heavy atom. The SMILES string of the molecule is O=C1c2c(c(O)c3nccnc3c2O)C(=O)N1C(C1CCCNC1)S(=O)(=O)c1cccs1. The van der Waals surface area contributed by atoms with Crippen molar-refractivity contribution in [3.8, 4) is 11.5 Å². The number of hydrogen-bond acceptors (Lipinski definition) is 10. The van der Waals surface area contributed by atoms with Crippen LogP contribution in [0.3, 0.4) is 0 Å². The topological polar surface area (TPSA) is 150 Å². The van der Waals surface area contributed by atoms with E-state index in [2.05, 4.69) is 15.3 Å². The van der Waals surface area contributed by atoms with Crippen LogP contribution < -0.4 is 5.32 Å². The zero-order valence-electron chi connectivity index (χ0n) is 16.6. The van der Waals surface area contributed by atoms with Gasteiger partial charge in [-0.25, -0.2) is 18.4 Å². The number of aromatic hydroxyl groups is 2. The Morgan fingerprint density at radius 2 is 1.72 bits per heavy atom. The van der Waals surface area contributed by atoms with Crippen molar-refractivity contribution >= 4 is 44.0 Å². The third kappa shape index (κ3) is 2.90. The number of phenols is 2. The van der Waals surface area contributed by atoms with Crippen molar-refractivity contribution in [2.75, 3.05) is 13.1 Å². The summed E-state index contributed by atoms with van der Waals surface area (Å²) in [6, 6.07) is 3.01. The molecule has 3 aromatic rings. The van der Waals surface area contributed by atoms with Crippen molar-refractivity contribution in [3.05, 3.63) is 41.0 Å². The van der Waals surface area contributed by atoms with Gasteiger partial charge < -0.3 is 15.5 Å². The highest BCUT2D eigenvalue weighted by molar-refractivity contribution is 7.94. The van der Waals surface area contributed by atoms with Gasteiger partial charge in [-0.2, -0.15) is 0 Å². The number of carbonyl (C=O) groups excluding carboxylic acids is 2. The Balaban J connectivity index is 1.71. The van der Waals surface area contributed by atoms with Crippen LogP contribution >= 0.6 is 11.3 Å². The van der Waals surface area contributed by atoms with E-state index in [1.54, 1.807) is 11.4 Å². The Labute approximate surface area is 186 Å². The highest BCUT2D eigenvalue weighted by Gasteiger charge is 2.52. The number of aromatic nitrogens is 2. The second-order valence-electron chi connectivity index (χ2n) is 7.66. The number of thiophene rings is 1. The van der Waals surface area contributed by atoms with Crippen LogP contribution in [-0.2, 0) is 9.84 Å². The van der Waals surface area contributed by atoms with Crippen LogP contribution in [0.1, 0.15) is 33.6 Å². The first kappa shape index (κ1) is 20.8. The molecule has 2 aliphatic heterocycles. The number of piperidine rings is 1. The summed E-state index contributed by atoms with van der Waals surface area (Å²) in [5, 5.41) is 24.6. The van der Waals surface area contributed by atoms with E-state index >= 15 is 0 Å². The Kier molecular flexibility index (Phi) is 4.87. The molecule has 2 unspecified atom stereocenters. The number of hydrogen-bond donors (Lipinski definition) is 3. The molecule has 1 aromatic carbocycles. The van der Waals surface area contributed by atoms with E-state index in [1.165, 1.54) is 18.5 Å². The van der Waals surface area contributed by atoms with Crippen LogP contribution in [0.2, 0.25) is 0 Å². The lowest BCUT2D eigenvalue weighted by molar-refractivity contribution is 0.0583. The van der Waals surface area contributed by atoms with Crippen LogP contribution in [0, 0.1) is 5.92 Å². The van der Waals surface area contributed by atoms with Gasteiger partial charge in [0.15, 0.2) is 16.9 Å². The van der Waals surface area contributed by atoms with E-state index < -0.39 is 55.6 Å². The van der Waals surface area contributed by atoms with E-state index in [-0.39, 0.29) is 15.2 Å². The number of carbonyl (C=O) groups is 2. The van der Waals surface area contributed by atoms with E-state index in [0.29, 0.717) is 30.8 Å². The smallest absolute Gasteiger partial charge is 0.266 e. The largest absolute Gasteiger partial charge is 0.505 e. The van der Waals surface area contributed by atoms with Crippen LogP contribution in [0.15, 0.2) is 34.1 Å². The first-order chi connectivity index (χ1) is 15.3. The molecule has 2 aromatic heterocycles. The summed E-state index contributed by atoms with van der Waals surface area (Å²) in [5.41, 5.74) is -1.22. The third-order valence-corrected chi connectivity index (χ3v) is 9.40. The van der Waals surface area contributed by atoms with Gasteiger partial charge in [0.05, 0.1) is 0 Å². The molecule has 12 heteroatoms. The lowest BCUT2D eigenvalue weighted by atomic mass is 9.98. The molecule has 0 spiro atoms. The summed E-state index contributed by atoms with van der Waals surface area (Å²) in [6.07, 6.45) is 3.70. The van der Waals surface area contributed by atoms with Crippen molar-refractivity contribution in [1.29, 1.82) is 0 Å². The molecule has 32 heavy (non-hydrogen) atoms. The number of nitrogens with zero attached hydrogens (tertiary/aromatic N) is 3. The molecule has 2 aliphatic rings. The second kappa shape index (κ2) is 7.50. The number of nitrogens with one attached hydrogen (secondary N) is 1. The quantitative estimate of drug-likeness (QED) is 0.377. The standard InChI is InChI=1S/C20H18N4O6S2/c25-16-12-13(17(26)15-14(16)22-6-7-23-15)19(28)24(18(12)27)20(10-3-1-5-21-9-10)32(29,30)11-4-2-8-31-11/h2,4,6-8,10,20-21,25-26H,1,3,5,9H2. The minimum Gasteiger partial charge on any atom is -0.505 e. The molecule has 1 saturated heterocycles. The molecule has 0 bridgehead atoms. The van der Waals surface area contributed by atoms with E-state index in [9.17, 15) is 28.2 Å². The first-order valence-corrected chi connectivity index (χ1v) is 12.3. The van der Waals surface area contributed by atoms with Crippen molar-refractivity contribution in [1.82, 2.24) is 20.2 Å². The lowest BCUT2D eigenvalue weighted by Gasteiger charge is -2.34. The maximum Gasteiger partial charge on any atom is 0.266 e. The Hall–Kier alpha value is -3.09. The van der Waals surface area contributed by atoms with Crippen LogP contribution in [0.25, 0.3) is 11.0 Å². The zero-order chi connectivity index (χ0) is 22.6. The van der Waals surface area contributed by atoms with E-state index in [1.807, 2.05) is 0 Å². The first-order valence-electron chi connectivity index (χ1n) is 9.88. The van der Waals surface area contributed by atoms with Gasteiger partial charge in [0.1, 0.15) is 26.4 Å². The highest BCUT2D eigenvalue weighted by atomic mass is 32.2. The van der Waals surface area contributed by atoms with E-state index in [4.69, 9.17) is 0 Å². The average molecular weight is 475 g/mol. The number of imide groups is 1. The van der Waals surface area contributed by atoms with Crippen molar-refractivity contribution in [3.63, 3.8) is 0 Å². The van der Waals surface area contributed by atoms with Crippen molar-refractivity contribution in [2.24, 2.45) is 5.92 Å². The molecule has 0 radical (unpaired) electrons. The van der Waals surface area contributed by atoms with Crippen molar-refractivity contribution in [2.45, 2.75) is 22.4 Å². The second-order valence-corrected chi connectivity index (χ2v) is 10.9. The molecular formula is C20H18N4O6S2. The normalized spacial score (nSPS) is 20.0. The average Bonchev–Trinajstić information content (AvgIpc) is 3.42. The summed E-state index contributed by atoms with van der Waals surface area (Å²) in [7, 11) is -4.13. The zero-order valence-corrected chi connectivity index (χ0v) is 18.2.